The number of anilines is 1. The van der Waals surface area contributed by atoms with Crippen LogP contribution in [0.1, 0.15) is 23.6 Å². The van der Waals surface area contributed by atoms with Gasteiger partial charge in [-0.2, -0.15) is 0 Å². The van der Waals surface area contributed by atoms with Crippen LogP contribution in [0.25, 0.3) is 11.0 Å². The van der Waals surface area contributed by atoms with Crippen molar-refractivity contribution in [2.75, 3.05) is 11.6 Å². The van der Waals surface area contributed by atoms with Crippen LogP contribution in [0.3, 0.4) is 0 Å². The first-order chi connectivity index (χ1) is 12.5. The molecule has 0 N–H and O–H groups in total. The first-order valence-corrected chi connectivity index (χ1v) is 9.98. The molecule has 6 heteroatoms. The van der Waals surface area contributed by atoms with Gasteiger partial charge in [-0.1, -0.05) is 22.9 Å². The van der Waals surface area contributed by atoms with Crippen molar-refractivity contribution in [3.05, 3.63) is 66.4 Å². The minimum Gasteiger partial charge on any atom is -0.472 e. The lowest BCUT2D eigenvalue weighted by molar-refractivity contribution is 0.287. The van der Waals surface area contributed by atoms with Crippen LogP contribution in [0.15, 0.2) is 48.5 Å². The van der Waals surface area contributed by atoms with Gasteiger partial charge in [-0.25, -0.2) is 4.79 Å². The fourth-order valence-corrected chi connectivity index (χ4v) is 4.77. The largest absolute Gasteiger partial charge is 0.472 e. The van der Waals surface area contributed by atoms with Crippen molar-refractivity contribution in [1.82, 2.24) is 0 Å². The zero-order valence-electron chi connectivity index (χ0n) is 14.4. The maximum atomic E-state index is 11.9. The number of rotatable bonds is 2. The van der Waals surface area contributed by atoms with Gasteiger partial charge < -0.3 is 14.1 Å². The molecular formula is C20H17Br2NO3. The second-order valence-corrected chi connectivity index (χ2v) is 8.15. The Morgan fingerprint density at radius 3 is 2.73 bits per heavy atom. The number of hydrogen-bond donors (Lipinski definition) is 0. The summed E-state index contributed by atoms with van der Waals surface area (Å²) in [5.74, 6) is 0.818. The molecule has 2 aromatic carbocycles. The molecule has 4 nitrogen and oxygen atoms in total. The molecule has 0 unspecified atom stereocenters. The van der Waals surface area contributed by atoms with E-state index in [0.29, 0.717) is 12.3 Å². The summed E-state index contributed by atoms with van der Waals surface area (Å²) in [6.45, 7) is 5.17. The Hall–Kier alpha value is -1.79. The molecule has 26 heavy (non-hydrogen) atoms. The quantitative estimate of drug-likeness (QED) is 0.453. The van der Waals surface area contributed by atoms with E-state index in [2.05, 4.69) is 48.9 Å². The van der Waals surface area contributed by atoms with Gasteiger partial charge in [0.25, 0.3) is 0 Å². The molecule has 0 bridgehead atoms. The number of aryl methyl sites for hydroxylation is 2. The monoisotopic (exact) mass is 477 g/mol. The molecular weight excluding hydrogens is 462 g/mol. The van der Waals surface area contributed by atoms with Crippen molar-refractivity contribution in [2.24, 2.45) is 0 Å². The molecule has 1 aliphatic rings. The molecule has 0 aliphatic carbocycles. The normalized spacial score (nSPS) is 13.6. The lowest BCUT2D eigenvalue weighted by Crippen LogP contribution is -2.32. The summed E-state index contributed by atoms with van der Waals surface area (Å²) < 4.78 is 13.6. The van der Waals surface area contributed by atoms with Crippen molar-refractivity contribution in [1.29, 1.82) is 0 Å². The fraction of sp³-hybridized carbons (Fsp3) is 0.250. The molecule has 0 amide bonds. The van der Waals surface area contributed by atoms with Gasteiger partial charge in [0.2, 0.25) is 0 Å². The van der Waals surface area contributed by atoms with E-state index in [0.717, 1.165) is 55.4 Å². The van der Waals surface area contributed by atoms with Crippen LogP contribution >= 0.6 is 31.9 Å². The highest BCUT2D eigenvalue weighted by Crippen LogP contribution is 2.38. The topological polar surface area (TPSA) is 42.7 Å². The second-order valence-electron chi connectivity index (χ2n) is 6.38. The van der Waals surface area contributed by atoms with Crippen LogP contribution in [0.2, 0.25) is 0 Å². The molecule has 1 aromatic heterocycles. The predicted octanol–water partition coefficient (Wildman–Crippen LogP) is 5.55. The molecule has 0 saturated carbocycles. The fourth-order valence-electron chi connectivity index (χ4n) is 3.47. The van der Waals surface area contributed by atoms with Crippen LogP contribution in [-0.2, 0) is 13.0 Å². The summed E-state index contributed by atoms with van der Waals surface area (Å²) >= 11 is 7.12. The molecule has 0 saturated heterocycles. The summed E-state index contributed by atoms with van der Waals surface area (Å²) in [6, 6.07) is 9.79. The minimum atomic E-state index is -0.311. The molecule has 0 fully saturated rings. The maximum Gasteiger partial charge on any atom is 0.336 e. The van der Waals surface area contributed by atoms with E-state index < -0.39 is 0 Å². The van der Waals surface area contributed by atoms with Gasteiger partial charge in [0.15, 0.2) is 6.73 Å². The molecule has 0 radical (unpaired) electrons. The molecule has 1 aliphatic heterocycles. The SMILES string of the molecule is CCc1cc(=O)oc2c(C)c3c(cc12)CN(c1ccc(Br)cc1Br)CO3. The standard InChI is InChI=1S/C20H17Br2NO3/c1-3-12-7-18(24)26-20-11(2)19-13(6-15(12)20)9-23(10-25-19)17-5-4-14(21)8-16(17)22/h4-8H,3,9-10H2,1-2H3. The molecule has 2 heterocycles. The van der Waals surface area contributed by atoms with Gasteiger partial charge in [-0.05, 0) is 59.1 Å². The van der Waals surface area contributed by atoms with E-state index in [9.17, 15) is 4.79 Å². The van der Waals surface area contributed by atoms with E-state index in [1.54, 1.807) is 6.07 Å². The van der Waals surface area contributed by atoms with Crippen molar-refractivity contribution >= 4 is 48.5 Å². The van der Waals surface area contributed by atoms with E-state index in [1.807, 2.05) is 26.0 Å². The Kier molecular flexibility index (Phi) is 4.57. The molecule has 0 spiro atoms. The Morgan fingerprint density at radius 2 is 2.00 bits per heavy atom. The summed E-state index contributed by atoms with van der Waals surface area (Å²) in [5, 5.41) is 0.990. The summed E-state index contributed by atoms with van der Waals surface area (Å²) in [4.78, 5) is 14.0. The Labute approximate surface area is 168 Å². The van der Waals surface area contributed by atoms with E-state index in [4.69, 9.17) is 9.15 Å². The number of halogens is 2. The van der Waals surface area contributed by atoms with Crippen LogP contribution in [0.5, 0.6) is 5.75 Å². The maximum absolute atomic E-state index is 11.9. The Morgan fingerprint density at radius 1 is 1.19 bits per heavy atom. The van der Waals surface area contributed by atoms with E-state index >= 15 is 0 Å². The van der Waals surface area contributed by atoms with Crippen LogP contribution in [-0.4, -0.2) is 6.73 Å². The highest BCUT2D eigenvalue weighted by atomic mass is 79.9. The summed E-state index contributed by atoms with van der Waals surface area (Å²) in [6.07, 6.45) is 0.781. The van der Waals surface area contributed by atoms with Crippen LogP contribution < -0.4 is 15.3 Å². The first kappa shape index (κ1) is 17.6. The Balaban J connectivity index is 1.83. The van der Waals surface area contributed by atoms with Crippen molar-refractivity contribution < 1.29 is 9.15 Å². The summed E-state index contributed by atoms with van der Waals surface area (Å²) in [5.41, 5.74) is 4.38. The first-order valence-electron chi connectivity index (χ1n) is 8.40. The van der Waals surface area contributed by atoms with Crippen LogP contribution in [0.4, 0.5) is 5.69 Å². The molecule has 4 rings (SSSR count). The van der Waals surface area contributed by atoms with Crippen molar-refractivity contribution in [3.63, 3.8) is 0 Å². The van der Waals surface area contributed by atoms with Crippen LogP contribution in [0, 0.1) is 6.92 Å². The number of benzene rings is 2. The molecule has 134 valence electrons. The third kappa shape index (κ3) is 2.95. The number of nitrogens with zero attached hydrogens (tertiary/aromatic N) is 1. The van der Waals surface area contributed by atoms with E-state index in [1.165, 1.54) is 0 Å². The second kappa shape index (κ2) is 6.74. The minimum absolute atomic E-state index is 0.311. The van der Waals surface area contributed by atoms with Gasteiger partial charge in [0.1, 0.15) is 11.3 Å². The number of ether oxygens (including phenoxy) is 1. The predicted molar refractivity (Wildman–Crippen MR) is 110 cm³/mol. The van der Waals surface area contributed by atoms with Gasteiger partial charge in [-0.3, -0.25) is 0 Å². The average molecular weight is 479 g/mol. The number of fused-ring (bicyclic) bond motifs is 2. The van der Waals surface area contributed by atoms with Gasteiger partial charge in [-0.15, -0.1) is 0 Å². The van der Waals surface area contributed by atoms with Gasteiger partial charge in [0, 0.05) is 38.1 Å². The smallest absolute Gasteiger partial charge is 0.336 e. The van der Waals surface area contributed by atoms with Crippen molar-refractivity contribution in [2.45, 2.75) is 26.8 Å². The number of hydrogen-bond acceptors (Lipinski definition) is 4. The van der Waals surface area contributed by atoms with Crippen molar-refractivity contribution in [3.8, 4) is 5.75 Å². The molecule has 0 atom stereocenters. The highest BCUT2D eigenvalue weighted by molar-refractivity contribution is 9.11. The zero-order valence-corrected chi connectivity index (χ0v) is 17.6. The van der Waals surface area contributed by atoms with E-state index in [-0.39, 0.29) is 5.63 Å². The van der Waals surface area contributed by atoms with Gasteiger partial charge >= 0.3 is 5.63 Å². The highest BCUT2D eigenvalue weighted by Gasteiger charge is 2.24. The molecule has 3 aromatic rings. The lowest BCUT2D eigenvalue weighted by Gasteiger charge is -2.32. The third-order valence-corrected chi connectivity index (χ3v) is 5.86. The lowest BCUT2D eigenvalue weighted by atomic mass is 9.99. The average Bonchev–Trinajstić information content (AvgIpc) is 2.61. The van der Waals surface area contributed by atoms with Gasteiger partial charge in [0.05, 0.1) is 5.69 Å². The third-order valence-electron chi connectivity index (χ3n) is 4.73. The summed E-state index contributed by atoms with van der Waals surface area (Å²) in [7, 11) is 0. The zero-order chi connectivity index (χ0) is 18.4. The Bertz CT molecular complexity index is 1070.